The number of ether oxygens (including phenoxy) is 2. The number of aromatic nitrogens is 2. The molecule has 3 N–H and O–H groups in total. The van der Waals surface area contributed by atoms with E-state index in [0.717, 1.165) is 54.6 Å². The van der Waals surface area contributed by atoms with Gasteiger partial charge in [0, 0.05) is 41.7 Å². The molecule has 7 heterocycles. The van der Waals surface area contributed by atoms with E-state index in [1.165, 1.54) is 11.3 Å². The standard InChI is InChI=1S/C35H35F2N7O3S/c36-18-11-34(6-2-8-42(34)13-18)17-47-33-40-30-28(32(41-33)44-24-5-7-35(24)25(44)14-43(35)9-10-45)22-16-46-15-21(22)27(29(30)37)19-3-1-4-23-26(19)20(12-38)31(39)48-23/h1,3-4,18,24-25,45H,2,5-11,13-17,39H2/t18?,24?,25?,34-,35?/m0/s1. The zero-order valence-corrected chi connectivity index (χ0v) is 27.2. The molecule has 4 saturated heterocycles. The fourth-order valence-electron chi connectivity index (χ4n) is 10.2. The molecule has 6 aliphatic rings. The van der Waals surface area contributed by atoms with E-state index >= 15 is 4.39 Å². The van der Waals surface area contributed by atoms with Crippen molar-refractivity contribution in [2.75, 3.05) is 50.0 Å². The lowest BCUT2D eigenvalue weighted by Crippen LogP contribution is -2.96. The number of anilines is 2. The van der Waals surface area contributed by atoms with Gasteiger partial charge >= 0.3 is 6.01 Å². The lowest BCUT2D eigenvalue weighted by atomic mass is 9.52. The molecule has 0 radical (unpaired) electrons. The highest BCUT2D eigenvalue weighted by Gasteiger charge is 2.75. The summed E-state index contributed by atoms with van der Waals surface area (Å²) >= 11 is 1.32. The predicted molar refractivity (Wildman–Crippen MR) is 177 cm³/mol. The molecule has 0 amide bonds. The maximum absolute atomic E-state index is 17.4. The smallest absolute Gasteiger partial charge is 0.319 e. The minimum absolute atomic E-state index is 0.0186. The number of hydrogen-bond donors (Lipinski definition) is 2. The third-order valence-corrected chi connectivity index (χ3v) is 13.3. The number of halogens is 2. The van der Waals surface area contributed by atoms with E-state index in [4.69, 9.17) is 25.2 Å². The lowest BCUT2D eigenvalue weighted by Gasteiger charge is -2.81. The molecule has 10 rings (SSSR count). The Bertz CT molecular complexity index is 2080. The van der Waals surface area contributed by atoms with Crippen molar-refractivity contribution in [3.05, 3.63) is 40.7 Å². The molecule has 5 aliphatic heterocycles. The zero-order valence-electron chi connectivity index (χ0n) is 26.3. The SMILES string of the molecule is N#Cc1c(N)sc2cccc(-c3c4c(c5c(N6C7CCC78C6CN8CCO)nc(OC[C@@]67CCCN6CC(F)C7)nc5c3F)COC4)c12. The summed E-state index contributed by atoms with van der Waals surface area (Å²) in [6, 6.07) is 8.30. The highest BCUT2D eigenvalue weighted by molar-refractivity contribution is 7.23. The van der Waals surface area contributed by atoms with Crippen LogP contribution in [0.25, 0.3) is 32.1 Å². The van der Waals surface area contributed by atoms with Crippen molar-refractivity contribution >= 4 is 43.1 Å². The van der Waals surface area contributed by atoms with Crippen LogP contribution in [0.15, 0.2) is 18.2 Å². The van der Waals surface area contributed by atoms with Gasteiger partial charge in [-0.1, -0.05) is 12.1 Å². The fourth-order valence-corrected chi connectivity index (χ4v) is 11.1. The molecular formula is C35H35F2N7O3S. The molecule has 4 aromatic rings. The third-order valence-electron chi connectivity index (χ3n) is 12.4. The molecule has 48 heavy (non-hydrogen) atoms. The second kappa shape index (κ2) is 10.2. The summed E-state index contributed by atoms with van der Waals surface area (Å²) < 4.78 is 45.3. The van der Waals surface area contributed by atoms with Crippen LogP contribution in [0.5, 0.6) is 6.01 Å². The van der Waals surface area contributed by atoms with Gasteiger partial charge in [-0.2, -0.15) is 15.2 Å². The number of aliphatic hydroxyl groups is 1. The molecular weight excluding hydrogens is 636 g/mol. The zero-order chi connectivity index (χ0) is 32.5. The molecule has 1 aliphatic carbocycles. The van der Waals surface area contributed by atoms with Crippen LogP contribution >= 0.6 is 11.3 Å². The van der Waals surface area contributed by atoms with E-state index < -0.39 is 17.5 Å². The van der Waals surface area contributed by atoms with Crippen molar-refractivity contribution in [3.8, 4) is 23.2 Å². The predicted octanol–water partition coefficient (Wildman–Crippen LogP) is 4.49. The first kappa shape index (κ1) is 29.3. The summed E-state index contributed by atoms with van der Waals surface area (Å²) in [5, 5.41) is 21.4. The maximum Gasteiger partial charge on any atom is 0.319 e. The van der Waals surface area contributed by atoms with Crippen LogP contribution in [0, 0.1) is 17.1 Å². The highest BCUT2D eigenvalue weighted by atomic mass is 32.1. The number of piperidine rings is 1. The molecule has 0 bridgehead atoms. The number of hydrogen-bond acceptors (Lipinski definition) is 11. The number of rotatable bonds is 7. The van der Waals surface area contributed by atoms with Gasteiger partial charge in [0.05, 0.1) is 53.9 Å². The monoisotopic (exact) mass is 671 g/mol. The summed E-state index contributed by atoms with van der Waals surface area (Å²) in [6.07, 6.45) is 3.37. The van der Waals surface area contributed by atoms with Gasteiger partial charge in [0.25, 0.3) is 0 Å². The maximum atomic E-state index is 17.4. The number of nitrogens with two attached hydrogens (primary N) is 1. The highest BCUT2D eigenvalue weighted by Crippen LogP contribution is 2.62. The quantitative estimate of drug-likeness (QED) is 0.291. The molecule has 248 valence electrons. The number of piperazine rings is 1. The van der Waals surface area contributed by atoms with Gasteiger partial charge in [0.15, 0.2) is 5.82 Å². The van der Waals surface area contributed by atoms with Crippen LogP contribution in [0.2, 0.25) is 0 Å². The molecule has 1 saturated carbocycles. The number of fused-ring (bicyclic) bond motifs is 5. The van der Waals surface area contributed by atoms with E-state index in [1.807, 2.05) is 18.2 Å². The van der Waals surface area contributed by atoms with E-state index in [-0.39, 0.29) is 55.6 Å². The summed E-state index contributed by atoms with van der Waals surface area (Å²) in [5.41, 5.74) is 8.89. The number of nitrogens with zero attached hydrogens (tertiary/aromatic N) is 6. The van der Waals surface area contributed by atoms with Gasteiger partial charge in [-0.15, -0.1) is 11.3 Å². The number of likely N-dealkylation sites (tertiary alicyclic amines) is 1. The van der Waals surface area contributed by atoms with E-state index in [0.29, 0.717) is 57.8 Å². The Morgan fingerprint density at radius 1 is 1.17 bits per heavy atom. The summed E-state index contributed by atoms with van der Waals surface area (Å²) in [6.45, 7) is 3.53. The molecule has 2 aromatic carbocycles. The lowest BCUT2D eigenvalue weighted by molar-refractivity contribution is -0.180. The first-order valence-corrected chi connectivity index (χ1v) is 17.7. The number of nitrogen functional groups attached to an aromatic ring is 1. The Kier molecular flexibility index (Phi) is 6.21. The van der Waals surface area contributed by atoms with Crippen molar-refractivity contribution in [1.82, 2.24) is 19.8 Å². The van der Waals surface area contributed by atoms with E-state index in [1.54, 1.807) is 0 Å². The molecule has 4 unspecified atom stereocenters. The van der Waals surface area contributed by atoms with E-state index in [9.17, 15) is 14.8 Å². The molecule has 13 heteroatoms. The van der Waals surface area contributed by atoms with Gasteiger partial charge in [0.1, 0.15) is 35.2 Å². The second-order valence-corrected chi connectivity index (χ2v) is 15.4. The summed E-state index contributed by atoms with van der Waals surface area (Å²) in [5.74, 6) is 0.146. The summed E-state index contributed by atoms with van der Waals surface area (Å²) in [7, 11) is 0. The summed E-state index contributed by atoms with van der Waals surface area (Å²) in [4.78, 5) is 16.7. The van der Waals surface area contributed by atoms with Gasteiger partial charge in [0.2, 0.25) is 0 Å². The van der Waals surface area contributed by atoms with Crippen LogP contribution < -0.4 is 15.4 Å². The van der Waals surface area contributed by atoms with Gasteiger partial charge in [-0.25, -0.2) is 8.78 Å². The van der Waals surface area contributed by atoms with Crippen molar-refractivity contribution in [1.29, 1.82) is 5.26 Å². The van der Waals surface area contributed by atoms with Crippen LogP contribution in [0.1, 0.15) is 48.8 Å². The van der Waals surface area contributed by atoms with Crippen LogP contribution in [0.4, 0.5) is 19.6 Å². The third kappa shape index (κ3) is 3.62. The Morgan fingerprint density at radius 2 is 2.04 bits per heavy atom. The van der Waals surface area contributed by atoms with Gasteiger partial charge < -0.3 is 25.2 Å². The largest absolute Gasteiger partial charge is 0.461 e. The molecule has 2 aromatic heterocycles. The van der Waals surface area contributed by atoms with Crippen molar-refractivity contribution in [2.24, 2.45) is 0 Å². The average molecular weight is 672 g/mol. The van der Waals surface area contributed by atoms with Crippen LogP contribution in [-0.4, -0.2) is 93.6 Å². The number of β-amino-alcohol motifs (C(OH)–C–C–N with tert-alkyl or cyclic N) is 1. The second-order valence-electron chi connectivity index (χ2n) is 14.3. The van der Waals surface area contributed by atoms with Crippen molar-refractivity contribution < 1.29 is 23.4 Å². The Morgan fingerprint density at radius 3 is 2.83 bits per heavy atom. The number of alkyl halides is 1. The Hall–Kier alpha value is -3.67. The molecule has 5 fully saturated rings. The number of aliphatic hydroxyl groups excluding tert-OH is 1. The fraction of sp³-hybridized carbons (Fsp3) is 0.514. The molecule has 10 nitrogen and oxygen atoms in total. The van der Waals surface area contributed by atoms with Crippen molar-refractivity contribution in [2.45, 2.75) is 74.7 Å². The van der Waals surface area contributed by atoms with E-state index in [2.05, 4.69) is 20.8 Å². The average Bonchev–Trinajstić information content (AvgIpc) is 3.82. The van der Waals surface area contributed by atoms with Crippen molar-refractivity contribution in [3.63, 3.8) is 0 Å². The molecule has 5 atom stereocenters. The number of nitriles is 1. The van der Waals surface area contributed by atoms with Crippen LogP contribution in [0.3, 0.4) is 0 Å². The Labute approximate surface area is 279 Å². The first-order valence-electron chi connectivity index (χ1n) is 16.9. The molecule has 1 spiro atoms. The Balaban J connectivity index is 1.16. The number of benzene rings is 2. The van der Waals surface area contributed by atoms with Gasteiger partial charge in [-0.05, 0) is 55.0 Å². The first-order chi connectivity index (χ1) is 23.4. The number of thiophene rings is 1. The topological polar surface area (TPSA) is 124 Å². The minimum atomic E-state index is -0.898. The van der Waals surface area contributed by atoms with Crippen LogP contribution in [-0.2, 0) is 18.0 Å². The van der Waals surface area contributed by atoms with Gasteiger partial charge in [-0.3, -0.25) is 9.80 Å². The normalized spacial score (nSPS) is 30.4. The minimum Gasteiger partial charge on any atom is -0.461 e.